The first-order chi connectivity index (χ1) is 22.2. The summed E-state index contributed by atoms with van der Waals surface area (Å²) >= 11 is 0. The van der Waals surface area contributed by atoms with Crippen molar-refractivity contribution in [1.82, 2.24) is 0 Å². The molecule has 0 spiro atoms. The van der Waals surface area contributed by atoms with Crippen LogP contribution in [0.3, 0.4) is 0 Å². The molecular weight excluding hydrogens is 578 g/mol. The van der Waals surface area contributed by atoms with Gasteiger partial charge in [0.15, 0.2) is 12.1 Å². The van der Waals surface area contributed by atoms with Crippen LogP contribution in [0.5, 0.6) is 0 Å². The predicted molar refractivity (Wildman–Crippen MR) is 189 cm³/mol. The quantitative estimate of drug-likeness (QED) is 0.0407. The van der Waals surface area contributed by atoms with E-state index in [-0.39, 0.29) is 25.8 Å². The molecule has 0 heterocycles. The standard InChI is InChI=1S/C39H73NO6/c1-5-9-10-11-12-13-14-15-16-17-18-19-20-21-22-23-24-25-26-27-28-29-33-40(34(30-6-2)37(41)42,35(31-7-3)38(43)44)36(32-8-4)39(45)46/h10-11,34-36H,5-9,12-33H2,1-4H3,(H2-,41,42,43,44,45,46)/b11-10+. The molecule has 0 aromatic rings. The first-order valence-electron chi connectivity index (χ1n) is 19.4. The van der Waals surface area contributed by atoms with E-state index in [9.17, 15) is 29.7 Å². The maximum atomic E-state index is 12.6. The largest absolute Gasteiger partial charge is 0.544 e. The number of carboxylic acid groups (broad SMARTS) is 3. The van der Waals surface area contributed by atoms with Crippen molar-refractivity contribution in [3.05, 3.63) is 12.2 Å². The van der Waals surface area contributed by atoms with Crippen molar-refractivity contribution in [2.24, 2.45) is 0 Å². The molecule has 0 bridgehead atoms. The van der Waals surface area contributed by atoms with Crippen molar-refractivity contribution in [2.75, 3.05) is 6.54 Å². The van der Waals surface area contributed by atoms with Crippen LogP contribution in [0.4, 0.5) is 0 Å². The Morgan fingerprint density at radius 3 is 1.15 bits per heavy atom. The monoisotopic (exact) mass is 652 g/mol. The summed E-state index contributed by atoms with van der Waals surface area (Å²) in [6.45, 7) is 8.05. The topological polar surface area (TPSA) is 115 Å². The Hall–Kier alpha value is -1.89. The van der Waals surface area contributed by atoms with Crippen LogP contribution < -0.4 is 5.11 Å². The van der Waals surface area contributed by atoms with Crippen molar-refractivity contribution < 1.29 is 34.2 Å². The van der Waals surface area contributed by atoms with Gasteiger partial charge in [-0.2, -0.15) is 0 Å². The lowest BCUT2D eigenvalue weighted by Gasteiger charge is -2.52. The average Bonchev–Trinajstić information content (AvgIpc) is 3.02. The fourth-order valence-corrected chi connectivity index (χ4v) is 7.33. The molecule has 7 heteroatoms. The van der Waals surface area contributed by atoms with Gasteiger partial charge in [-0.25, -0.2) is 9.59 Å². The van der Waals surface area contributed by atoms with Crippen LogP contribution in [0, 0.1) is 0 Å². The first-order valence-corrected chi connectivity index (χ1v) is 19.4. The number of carbonyl (C=O) groups excluding carboxylic acids is 1. The Morgan fingerprint density at radius 1 is 0.500 bits per heavy atom. The lowest BCUT2D eigenvalue weighted by atomic mass is 9.91. The van der Waals surface area contributed by atoms with Crippen LogP contribution in [0.15, 0.2) is 12.2 Å². The summed E-state index contributed by atoms with van der Waals surface area (Å²) in [5, 5.41) is 33.1. The fourth-order valence-electron chi connectivity index (χ4n) is 7.33. The van der Waals surface area contributed by atoms with Crippen molar-refractivity contribution in [3.63, 3.8) is 0 Å². The molecule has 0 amide bonds. The lowest BCUT2D eigenvalue weighted by molar-refractivity contribution is -0.975. The minimum Gasteiger partial charge on any atom is -0.544 e. The molecule has 7 nitrogen and oxygen atoms in total. The van der Waals surface area contributed by atoms with E-state index in [4.69, 9.17) is 0 Å². The van der Waals surface area contributed by atoms with Gasteiger partial charge in [-0.15, -0.1) is 0 Å². The molecule has 3 unspecified atom stereocenters. The van der Waals surface area contributed by atoms with Gasteiger partial charge >= 0.3 is 11.9 Å². The number of allylic oxidation sites excluding steroid dienone is 2. The zero-order chi connectivity index (χ0) is 34.5. The maximum Gasteiger partial charge on any atom is 0.362 e. The Morgan fingerprint density at radius 2 is 0.826 bits per heavy atom. The maximum absolute atomic E-state index is 12.6. The molecule has 0 aliphatic carbocycles. The highest BCUT2D eigenvalue weighted by molar-refractivity contribution is 5.77. The van der Waals surface area contributed by atoms with Gasteiger partial charge in [-0.1, -0.05) is 143 Å². The molecule has 0 aliphatic heterocycles. The summed E-state index contributed by atoms with van der Waals surface area (Å²) in [6.07, 6.45) is 31.4. The van der Waals surface area contributed by atoms with Gasteiger partial charge in [0.1, 0.15) is 6.04 Å². The van der Waals surface area contributed by atoms with E-state index in [1.54, 1.807) is 0 Å². The van der Waals surface area contributed by atoms with Gasteiger partial charge in [0.25, 0.3) is 0 Å². The molecule has 0 aliphatic rings. The number of unbranched alkanes of at least 4 members (excludes halogenated alkanes) is 18. The van der Waals surface area contributed by atoms with E-state index in [2.05, 4.69) is 19.1 Å². The molecule has 0 saturated heterocycles. The van der Waals surface area contributed by atoms with Crippen LogP contribution in [0.2, 0.25) is 0 Å². The second-order valence-electron chi connectivity index (χ2n) is 13.7. The number of hydrogen-bond acceptors (Lipinski definition) is 4. The van der Waals surface area contributed by atoms with Crippen LogP contribution in [-0.4, -0.2) is 57.3 Å². The number of aliphatic carboxylic acids is 3. The molecule has 0 rings (SSSR count). The summed E-state index contributed by atoms with van der Waals surface area (Å²) in [5.41, 5.74) is 0. The predicted octanol–water partition coefficient (Wildman–Crippen LogP) is 9.61. The van der Waals surface area contributed by atoms with Crippen LogP contribution in [-0.2, 0) is 14.4 Å². The Balaban J connectivity index is 4.55. The third kappa shape index (κ3) is 18.4. The second kappa shape index (κ2) is 29.3. The van der Waals surface area contributed by atoms with Gasteiger partial charge in [-0.3, -0.25) is 4.48 Å². The summed E-state index contributed by atoms with van der Waals surface area (Å²) in [4.78, 5) is 37.7. The normalized spacial score (nSPS) is 15.0. The minimum atomic E-state index is -1.33. The van der Waals surface area contributed by atoms with E-state index in [1.165, 1.54) is 103 Å². The van der Waals surface area contributed by atoms with E-state index in [0.29, 0.717) is 25.7 Å². The summed E-state index contributed by atoms with van der Waals surface area (Å²) < 4.78 is -0.431. The first kappa shape index (κ1) is 44.1. The zero-order valence-electron chi connectivity index (χ0n) is 30.5. The number of nitrogens with zero attached hydrogens (tertiary/aromatic N) is 1. The molecular formula is C39H73NO6. The average molecular weight is 652 g/mol. The third-order valence-corrected chi connectivity index (χ3v) is 9.81. The van der Waals surface area contributed by atoms with E-state index in [0.717, 1.165) is 19.3 Å². The molecule has 46 heavy (non-hydrogen) atoms. The van der Waals surface area contributed by atoms with Crippen LogP contribution in [0.1, 0.15) is 195 Å². The number of carbonyl (C=O) groups is 3. The second-order valence-corrected chi connectivity index (χ2v) is 13.7. The lowest BCUT2D eigenvalue weighted by Crippen LogP contribution is -2.74. The van der Waals surface area contributed by atoms with Crippen molar-refractivity contribution in [3.8, 4) is 0 Å². The van der Waals surface area contributed by atoms with E-state index in [1.807, 2.05) is 20.8 Å². The molecule has 0 saturated carbocycles. The number of carboxylic acids is 3. The summed E-state index contributed by atoms with van der Waals surface area (Å²) in [5.74, 6) is -3.55. The van der Waals surface area contributed by atoms with E-state index >= 15 is 0 Å². The van der Waals surface area contributed by atoms with Gasteiger partial charge in [-0.05, 0) is 44.9 Å². The van der Waals surface area contributed by atoms with E-state index < -0.39 is 40.5 Å². The zero-order valence-corrected chi connectivity index (χ0v) is 30.5. The number of rotatable bonds is 34. The summed E-state index contributed by atoms with van der Waals surface area (Å²) in [7, 11) is 0. The molecule has 270 valence electrons. The summed E-state index contributed by atoms with van der Waals surface area (Å²) in [6, 6.07) is -3.32. The Bertz CT molecular complexity index is 738. The number of quaternary nitrogens is 1. The SMILES string of the molecule is CCC/C=C/CCCCCCCCCCCCCCCCCCC[N+](C(CCC)C(=O)[O-])(C(CCC)C(=O)O)C(CCC)C(=O)O. The van der Waals surface area contributed by atoms with Gasteiger partial charge in [0.05, 0.1) is 12.5 Å². The number of hydrogen-bond donors (Lipinski definition) is 2. The van der Waals surface area contributed by atoms with Crippen molar-refractivity contribution >= 4 is 17.9 Å². The van der Waals surface area contributed by atoms with Crippen molar-refractivity contribution in [1.29, 1.82) is 0 Å². The fraction of sp³-hybridized carbons (Fsp3) is 0.872. The van der Waals surface area contributed by atoms with Crippen molar-refractivity contribution in [2.45, 2.75) is 213 Å². The Labute approximate surface area is 283 Å². The molecule has 3 atom stereocenters. The van der Waals surface area contributed by atoms with Crippen LogP contribution in [0.25, 0.3) is 0 Å². The van der Waals surface area contributed by atoms with Crippen LogP contribution >= 0.6 is 0 Å². The molecule has 0 fully saturated rings. The highest BCUT2D eigenvalue weighted by Gasteiger charge is 2.54. The smallest absolute Gasteiger partial charge is 0.362 e. The molecule has 0 aromatic heterocycles. The molecule has 0 radical (unpaired) electrons. The Kier molecular flexibility index (Phi) is 28.1. The minimum absolute atomic E-state index is 0.209. The highest BCUT2D eigenvalue weighted by Crippen LogP contribution is 2.34. The van der Waals surface area contributed by atoms with Gasteiger partial charge in [0.2, 0.25) is 0 Å². The molecule has 0 aromatic carbocycles. The van der Waals surface area contributed by atoms with Gasteiger partial charge in [0, 0.05) is 19.3 Å². The molecule has 2 N–H and O–H groups in total. The van der Waals surface area contributed by atoms with Gasteiger partial charge < -0.3 is 20.1 Å². The third-order valence-electron chi connectivity index (χ3n) is 9.81. The highest BCUT2D eigenvalue weighted by atomic mass is 16.4.